The second-order valence-electron chi connectivity index (χ2n) is 5.62. The quantitative estimate of drug-likeness (QED) is 0.757. The highest BCUT2D eigenvalue weighted by atomic mass is 16.6. The number of para-hydroxylation sites is 1. The number of anilines is 1. The van der Waals surface area contributed by atoms with Crippen molar-refractivity contribution >= 4 is 11.8 Å². The molecule has 0 aromatic heterocycles. The van der Waals surface area contributed by atoms with Crippen molar-refractivity contribution < 1.29 is 28.5 Å². The lowest BCUT2D eigenvalue weighted by Gasteiger charge is -2.16. The maximum Gasteiger partial charge on any atom is 0.414 e. The lowest BCUT2D eigenvalue weighted by atomic mass is 10.2. The van der Waals surface area contributed by atoms with Crippen molar-refractivity contribution in [3.05, 3.63) is 42.5 Å². The van der Waals surface area contributed by atoms with Gasteiger partial charge in [0.15, 0.2) is 17.6 Å². The van der Waals surface area contributed by atoms with Crippen LogP contribution in [0.5, 0.6) is 23.0 Å². The highest BCUT2D eigenvalue weighted by molar-refractivity contribution is 5.89. The fourth-order valence-corrected chi connectivity index (χ4v) is 2.76. The third kappa shape index (κ3) is 3.61. The zero-order chi connectivity index (χ0) is 18.5. The Bertz CT molecular complexity index is 739. The number of cyclic esters (lactones) is 1. The molecule has 2 aromatic carbocycles. The second kappa shape index (κ2) is 7.86. The Hall–Kier alpha value is -3.09. The molecule has 1 heterocycles. The van der Waals surface area contributed by atoms with Crippen molar-refractivity contribution in [3.63, 3.8) is 0 Å². The largest absolute Gasteiger partial charge is 0.493 e. The van der Waals surface area contributed by atoms with Gasteiger partial charge < -0.3 is 23.7 Å². The van der Waals surface area contributed by atoms with E-state index in [1.54, 1.807) is 17.0 Å². The van der Waals surface area contributed by atoms with E-state index in [9.17, 15) is 4.79 Å². The van der Waals surface area contributed by atoms with E-state index < -0.39 is 0 Å². The van der Waals surface area contributed by atoms with Gasteiger partial charge in [0, 0.05) is 17.8 Å². The van der Waals surface area contributed by atoms with Crippen LogP contribution in [-0.4, -0.2) is 46.7 Å². The molecule has 7 nitrogen and oxygen atoms in total. The summed E-state index contributed by atoms with van der Waals surface area (Å²) in [6.45, 7) is 0.640. The lowest BCUT2D eigenvalue weighted by Crippen LogP contribution is -2.26. The zero-order valence-electron chi connectivity index (χ0n) is 14.9. The molecular weight excluding hydrogens is 338 g/mol. The Labute approximate surface area is 152 Å². The molecule has 1 aliphatic rings. The summed E-state index contributed by atoms with van der Waals surface area (Å²) in [5, 5.41) is 0. The monoisotopic (exact) mass is 359 g/mol. The molecule has 0 N–H and O–H groups in total. The summed E-state index contributed by atoms with van der Waals surface area (Å²) in [6, 6.07) is 12.8. The summed E-state index contributed by atoms with van der Waals surface area (Å²) in [4.78, 5) is 13.7. The first kappa shape index (κ1) is 17.7. The van der Waals surface area contributed by atoms with E-state index in [-0.39, 0.29) is 18.8 Å². The number of methoxy groups -OCH3 is 3. The van der Waals surface area contributed by atoms with Crippen molar-refractivity contribution in [1.82, 2.24) is 0 Å². The summed E-state index contributed by atoms with van der Waals surface area (Å²) in [5.41, 5.74) is 0.799. The molecule has 1 saturated heterocycles. The minimum Gasteiger partial charge on any atom is -0.493 e. The van der Waals surface area contributed by atoms with Crippen LogP contribution in [0.4, 0.5) is 10.5 Å². The number of hydrogen-bond acceptors (Lipinski definition) is 6. The predicted octanol–water partition coefficient (Wildman–Crippen LogP) is 3.12. The number of carbonyl (C=O) groups excluding carboxylic acids is 1. The van der Waals surface area contributed by atoms with Crippen LogP contribution in [0, 0.1) is 0 Å². The molecule has 1 atom stereocenters. The van der Waals surface area contributed by atoms with E-state index in [1.165, 1.54) is 21.3 Å². The Morgan fingerprint density at radius 3 is 2.27 bits per heavy atom. The minimum atomic E-state index is -0.380. The summed E-state index contributed by atoms with van der Waals surface area (Å²) in [5.74, 6) is 2.02. The summed E-state index contributed by atoms with van der Waals surface area (Å²) in [6.07, 6.45) is -0.753. The third-order valence-corrected chi connectivity index (χ3v) is 4.02. The molecule has 0 aliphatic carbocycles. The fourth-order valence-electron chi connectivity index (χ4n) is 2.76. The molecule has 1 unspecified atom stereocenters. The molecule has 1 fully saturated rings. The molecule has 7 heteroatoms. The molecule has 0 radical (unpaired) electrons. The number of carbonyl (C=O) groups is 1. The summed E-state index contributed by atoms with van der Waals surface area (Å²) < 4.78 is 27.1. The number of ether oxygens (including phenoxy) is 5. The smallest absolute Gasteiger partial charge is 0.414 e. The number of nitrogens with zero attached hydrogens (tertiary/aromatic N) is 1. The summed E-state index contributed by atoms with van der Waals surface area (Å²) in [7, 11) is 4.62. The van der Waals surface area contributed by atoms with E-state index in [2.05, 4.69) is 0 Å². The molecule has 138 valence electrons. The van der Waals surface area contributed by atoms with Crippen LogP contribution >= 0.6 is 0 Å². The van der Waals surface area contributed by atoms with Crippen LogP contribution in [-0.2, 0) is 4.74 Å². The molecule has 0 spiro atoms. The van der Waals surface area contributed by atoms with Gasteiger partial charge in [-0.05, 0) is 12.1 Å². The zero-order valence-corrected chi connectivity index (χ0v) is 14.9. The first-order chi connectivity index (χ1) is 12.7. The van der Waals surface area contributed by atoms with Gasteiger partial charge in [0.2, 0.25) is 5.75 Å². The van der Waals surface area contributed by atoms with Crippen molar-refractivity contribution in [1.29, 1.82) is 0 Å². The number of benzene rings is 2. The molecule has 0 saturated carbocycles. The van der Waals surface area contributed by atoms with Crippen LogP contribution in [0.2, 0.25) is 0 Å². The average molecular weight is 359 g/mol. The van der Waals surface area contributed by atoms with Crippen LogP contribution < -0.4 is 23.8 Å². The molecule has 26 heavy (non-hydrogen) atoms. The standard InChI is InChI=1S/C19H21NO6/c1-22-16-9-14(10-17(23-2)18(16)24-3)25-12-15-11-20(19(21)26-15)13-7-5-4-6-8-13/h4-10,15H,11-12H2,1-3H3. The first-order valence-corrected chi connectivity index (χ1v) is 8.12. The van der Waals surface area contributed by atoms with Gasteiger partial charge in [0.05, 0.1) is 27.9 Å². The van der Waals surface area contributed by atoms with E-state index in [1.807, 2.05) is 30.3 Å². The van der Waals surface area contributed by atoms with Gasteiger partial charge in [0.1, 0.15) is 12.4 Å². The van der Waals surface area contributed by atoms with Gasteiger partial charge >= 0.3 is 6.09 Å². The average Bonchev–Trinajstić information content (AvgIpc) is 3.06. The second-order valence-corrected chi connectivity index (χ2v) is 5.62. The normalized spacial score (nSPS) is 16.2. The molecular formula is C19H21NO6. The molecule has 2 aromatic rings. The Balaban J connectivity index is 1.67. The van der Waals surface area contributed by atoms with E-state index >= 15 is 0 Å². The highest BCUT2D eigenvalue weighted by Crippen LogP contribution is 2.40. The van der Waals surface area contributed by atoms with E-state index in [0.717, 1.165) is 5.69 Å². The topological polar surface area (TPSA) is 66.5 Å². The van der Waals surface area contributed by atoms with Gasteiger partial charge in [-0.25, -0.2) is 4.79 Å². The SMILES string of the molecule is COc1cc(OCC2CN(c3ccccc3)C(=O)O2)cc(OC)c1OC. The van der Waals surface area contributed by atoms with E-state index in [4.69, 9.17) is 23.7 Å². The maximum atomic E-state index is 12.1. The number of hydrogen-bond donors (Lipinski definition) is 0. The molecule has 3 rings (SSSR count). The van der Waals surface area contributed by atoms with Crippen molar-refractivity contribution in [2.75, 3.05) is 39.4 Å². The van der Waals surface area contributed by atoms with Crippen LogP contribution in [0.1, 0.15) is 0 Å². The van der Waals surface area contributed by atoms with Gasteiger partial charge in [-0.15, -0.1) is 0 Å². The lowest BCUT2D eigenvalue weighted by molar-refractivity contribution is 0.105. The number of amides is 1. The number of rotatable bonds is 7. The molecule has 1 amide bonds. The van der Waals surface area contributed by atoms with Crippen molar-refractivity contribution in [2.45, 2.75) is 6.10 Å². The van der Waals surface area contributed by atoms with Crippen LogP contribution in [0.25, 0.3) is 0 Å². The van der Waals surface area contributed by atoms with Gasteiger partial charge in [-0.2, -0.15) is 0 Å². The molecule has 1 aliphatic heterocycles. The predicted molar refractivity (Wildman–Crippen MR) is 95.7 cm³/mol. The van der Waals surface area contributed by atoms with Gasteiger partial charge in [-0.1, -0.05) is 18.2 Å². The van der Waals surface area contributed by atoms with Crippen LogP contribution in [0.15, 0.2) is 42.5 Å². The van der Waals surface area contributed by atoms with Crippen molar-refractivity contribution in [3.8, 4) is 23.0 Å². The van der Waals surface area contributed by atoms with Crippen molar-refractivity contribution in [2.24, 2.45) is 0 Å². The minimum absolute atomic E-state index is 0.216. The van der Waals surface area contributed by atoms with Crippen LogP contribution in [0.3, 0.4) is 0 Å². The fraction of sp³-hybridized carbons (Fsp3) is 0.316. The Kier molecular flexibility index (Phi) is 5.36. The van der Waals surface area contributed by atoms with E-state index in [0.29, 0.717) is 29.5 Å². The maximum absolute atomic E-state index is 12.1. The van der Waals surface area contributed by atoms with Gasteiger partial charge in [0.25, 0.3) is 0 Å². The Morgan fingerprint density at radius 1 is 1.04 bits per heavy atom. The highest BCUT2D eigenvalue weighted by Gasteiger charge is 2.32. The van der Waals surface area contributed by atoms with Gasteiger partial charge in [-0.3, -0.25) is 4.90 Å². The summed E-state index contributed by atoms with van der Waals surface area (Å²) >= 11 is 0. The third-order valence-electron chi connectivity index (χ3n) is 4.02. The molecule has 0 bridgehead atoms. The first-order valence-electron chi connectivity index (χ1n) is 8.12. The Morgan fingerprint density at radius 2 is 1.69 bits per heavy atom.